The Morgan fingerprint density at radius 1 is 1.16 bits per heavy atom. The molecule has 0 saturated heterocycles. The van der Waals surface area contributed by atoms with Crippen LogP contribution in [0.2, 0.25) is 5.02 Å². The molecule has 2 aromatic rings. The van der Waals surface area contributed by atoms with E-state index < -0.39 is 29.2 Å². The Morgan fingerprint density at radius 2 is 1.81 bits per heavy atom. The van der Waals surface area contributed by atoms with Gasteiger partial charge >= 0.3 is 6.18 Å². The average Bonchev–Trinajstić information content (AvgIpc) is 2.68. The minimum Gasteiger partial charge on any atom is -0.489 e. The molecule has 172 valence electrons. The van der Waals surface area contributed by atoms with Crippen LogP contribution in [0.5, 0.6) is 5.75 Å². The third-order valence-corrected chi connectivity index (χ3v) is 6.32. The molecular weight excluding hydrogens is 452 g/mol. The van der Waals surface area contributed by atoms with Crippen molar-refractivity contribution >= 4 is 17.5 Å². The van der Waals surface area contributed by atoms with Gasteiger partial charge in [-0.3, -0.25) is 10.1 Å². The molecule has 3 fully saturated rings. The first kappa shape index (κ1) is 22.8. The average molecular weight is 473 g/mol. The van der Waals surface area contributed by atoms with Crippen LogP contribution in [0.3, 0.4) is 0 Å². The predicted molar refractivity (Wildman–Crippen MR) is 108 cm³/mol. The van der Waals surface area contributed by atoms with E-state index in [1.54, 1.807) is 0 Å². The number of benzene rings is 2. The lowest BCUT2D eigenvalue weighted by molar-refractivity contribution is -0.190. The van der Waals surface area contributed by atoms with Crippen LogP contribution in [0.15, 0.2) is 42.5 Å². The predicted octanol–water partition coefficient (Wildman–Crippen LogP) is 4.02. The lowest BCUT2D eigenvalue weighted by atomic mass is 9.39. The molecule has 32 heavy (non-hydrogen) atoms. The summed E-state index contributed by atoms with van der Waals surface area (Å²) in [6.07, 6.45) is -3.75. The lowest BCUT2D eigenvalue weighted by Gasteiger charge is -2.69. The highest BCUT2D eigenvalue weighted by atomic mass is 35.5. The fourth-order valence-electron chi connectivity index (χ4n) is 4.50. The summed E-state index contributed by atoms with van der Waals surface area (Å²) in [5.41, 5.74) is -1.01. The van der Waals surface area contributed by atoms with Crippen molar-refractivity contribution in [3.63, 3.8) is 0 Å². The molecule has 0 aliphatic heterocycles. The highest BCUT2D eigenvalue weighted by molar-refractivity contribution is 6.30. The Hall–Kier alpha value is -2.36. The van der Waals surface area contributed by atoms with Gasteiger partial charge in [-0.1, -0.05) is 23.7 Å². The van der Waals surface area contributed by atoms with E-state index in [0.717, 1.165) is 18.2 Å². The van der Waals surface area contributed by atoms with Gasteiger partial charge in [0.05, 0.1) is 16.0 Å². The summed E-state index contributed by atoms with van der Waals surface area (Å²) >= 11 is 5.61. The molecule has 2 aromatic carbocycles. The van der Waals surface area contributed by atoms with E-state index in [2.05, 4.69) is 10.6 Å². The Bertz CT molecular complexity index is 993. The fraction of sp³-hybridized carbons (Fsp3) is 0.409. The van der Waals surface area contributed by atoms with E-state index >= 15 is 0 Å². The molecule has 0 spiro atoms. The molecule has 2 bridgehead atoms. The van der Waals surface area contributed by atoms with Gasteiger partial charge in [0.1, 0.15) is 24.4 Å². The van der Waals surface area contributed by atoms with Crippen molar-refractivity contribution in [1.82, 2.24) is 10.6 Å². The molecular formula is C22H21ClF4N2O3. The monoisotopic (exact) mass is 472 g/mol. The highest BCUT2D eigenvalue weighted by Gasteiger charge is 2.71. The second-order valence-corrected chi connectivity index (χ2v) is 8.92. The van der Waals surface area contributed by atoms with E-state index in [9.17, 15) is 27.5 Å². The topological polar surface area (TPSA) is 70.6 Å². The maximum absolute atomic E-state index is 13.4. The van der Waals surface area contributed by atoms with Crippen LogP contribution in [0.4, 0.5) is 17.6 Å². The third kappa shape index (κ3) is 4.55. The van der Waals surface area contributed by atoms with E-state index in [4.69, 9.17) is 16.3 Å². The molecule has 10 heteroatoms. The first-order chi connectivity index (χ1) is 15.0. The smallest absolute Gasteiger partial charge is 0.416 e. The molecule has 3 saturated carbocycles. The molecule has 5 rings (SSSR count). The number of hydrogen-bond donors (Lipinski definition) is 3. The van der Waals surface area contributed by atoms with Gasteiger partial charge in [-0.2, -0.15) is 13.2 Å². The van der Waals surface area contributed by atoms with Crippen molar-refractivity contribution in [2.24, 2.45) is 5.41 Å². The van der Waals surface area contributed by atoms with E-state index in [-0.39, 0.29) is 35.4 Å². The maximum atomic E-state index is 13.4. The fourth-order valence-corrected chi connectivity index (χ4v) is 4.62. The quantitative estimate of drug-likeness (QED) is 0.401. The van der Waals surface area contributed by atoms with Crippen molar-refractivity contribution in [2.75, 3.05) is 6.61 Å². The summed E-state index contributed by atoms with van der Waals surface area (Å²) in [6, 6.07) is 8.65. The lowest BCUT2D eigenvalue weighted by Crippen LogP contribution is -2.79. The van der Waals surface area contributed by atoms with Crippen molar-refractivity contribution in [3.05, 3.63) is 64.4 Å². The molecule has 0 heterocycles. The summed E-state index contributed by atoms with van der Waals surface area (Å²) in [7, 11) is 0. The van der Waals surface area contributed by atoms with Crippen molar-refractivity contribution in [2.45, 2.75) is 43.8 Å². The second-order valence-electron chi connectivity index (χ2n) is 8.52. The van der Waals surface area contributed by atoms with Gasteiger partial charge < -0.3 is 15.2 Å². The number of carbonyl (C=O) groups is 1. The summed E-state index contributed by atoms with van der Waals surface area (Å²) in [5.74, 6) is -0.525. The SMILES string of the molecule is O=C(NCc1ccc(C(F)(F)F)cc1)C12CC(NC(O)COc3ccc(Cl)c(F)c3)(C1)C2. The number of aliphatic hydroxyl groups is 1. The van der Waals surface area contributed by atoms with Crippen molar-refractivity contribution in [1.29, 1.82) is 0 Å². The first-order valence-corrected chi connectivity index (χ1v) is 10.4. The molecule has 3 N–H and O–H groups in total. The van der Waals surface area contributed by atoms with Gasteiger partial charge in [0.15, 0.2) is 0 Å². The number of rotatable bonds is 8. The molecule has 1 atom stereocenters. The summed E-state index contributed by atoms with van der Waals surface area (Å²) in [5, 5.41) is 16.0. The molecule has 0 radical (unpaired) electrons. The van der Waals surface area contributed by atoms with Crippen LogP contribution in [0.25, 0.3) is 0 Å². The minimum atomic E-state index is -4.39. The molecule has 1 amide bonds. The number of aliphatic hydroxyl groups excluding tert-OH is 1. The van der Waals surface area contributed by atoms with Gasteiger partial charge in [0, 0.05) is 18.2 Å². The highest BCUT2D eigenvalue weighted by Crippen LogP contribution is 2.67. The van der Waals surface area contributed by atoms with E-state index in [1.807, 2.05) is 0 Å². The Kier molecular flexibility index (Phi) is 5.85. The summed E-state index contributed by atoms with van der Waals surface area (Å²) < 4.78 is 56.6. The van der Waals surface area contributed by atoms with Crippen LogP contribution < -0.4 is 15.4 Å². The van der Waals surface area contributed by atoms with E-state index in [1.165, 1.54) is 24.3 Å². The summed E-state index contributed by atoms with van der Waals surface area (Å²) in [4.78, 5) is 12.5. The van der Waals surface area contributed by atoms with Gasteiger partial charge in [-0.15, -0.1) is 0 Å². The standard InChI is InChI=1S/C22H21ClF4N2O3/c23-16-6-5-15(7-17(16)24)32-9-18(30)29-21-10-20(11-21,12-21)19(31)28-8-13-1-3-14(4-2-13)22(25,26)27/h1-7,18,29-30H,8-12H2,(H,28,31). The van der Waals surface area contributed by atoms with Crippen molar-refractivity contribution < 1.29 is 32.2 Å². The normalized spacial score (nSPS) is 24.8. The van der Waals surface area contributed by atoms with Gasteiger partial charge in [-0.25, -0.2) is 4.39 Å². The Balaban J connectivity index is 1.20. The maximum Gasteiger partial charge on any atom is 0.416 e. The van der Waals surface area contributed by atoms with Crippen LogP contribution in [-0.2, 0) is 17.5 Å². The molecule has 0 aromatic heterocycles. The van der Waals surface area contributed by atoms with Crippen LogP contribution >= 0.6 is 11.6 Å². The van der Waals surface area contributed by atoms with Gasteiger partial charge in [-0.05, 0) is 49.1 Å². The Morgan fingerprint density at radius 3 is 2.41 bits per heavy atom. The molecule has 3 aliphatic carbocycles. The van der Waals surface area contributed by atoms with Gasteiger partial charge in [0.25, 0.3) is 0 Å². The Labute approximate surface area is 186 Å². The van der Waals surface area contributed by atoms with Crippen LogP contribution in [0.1, 0.15) is 30.4 Å². The third-order valence-electron chi connectivity index (χ3n) is 6.02. The zero-order chi connectivity index (χ0) is 23.1. The number of amides is 1. The molecule has 5 nitrogen and oxygen atoms in total. The zero-order valence-electron chi connectivity index (χ0n) is 16.8. The number of carbonyl (C=O) groups excluding carboxylic acids is 1. The van der Waals surface area contributed by atoms with Gasteiger partial charge in [0.2, 0.25) is 5.91 Å². The summed E-state index contributed by atoms with van der Waals surface area (Å²) in [6.45, 7) is 0.0448. The second kappa shape index (κ2) is 8.20. The molecule has 1 unspecified atom stereocenters. The van der Waals surface area contributed by atoms with E-state index in [0.29, 0.717) is 24.8 Å². The zero-order valence-corrected chi connectivity index (χ0v) is 17.6. The number of alkyl halides is 3. The number of ether oxygens (including phenoxy) is 1. The van der Waals surface area contributed by atoms with Crippen molar-refractivity contribution in [3.8, 4) is 5.75 Å². The minimum absolute atomic E-state index is 0.0215. The molecule has 3 aliphatic rings. The largest absolute Gasteiger partial charge is 0.489 e. The van der Waals surface area contributed by atoms with Crippen LogP contribution in [0, 0.1) is 11.2 Å². The first-order valence-electron chi connectivity index (χ1n) is 9.98. The number of nitrogens with one attached hydrogen (secondary N) is 2. The number of halogens is 5. The number of hydrogen-bond acceptors (Lipinski definition) is 4. The van der Waals surface area contributed by atoms with Crippen LogP contribution in [-0.4, -0.2) is 29.4 Å².